The average molecular weight is 366 g/mol. The lowest BCUT2D eigenvalue weighted by Gasteiger charge is -2.09. The minimum atomic E-state index is -1.40. The van der Waals surface area contributed by atoms with Crippen LogP contribution in [-0.2, 0) is 0 Å². The van der Waals surface area contributed by atoms with Crippen LogP contribution in [0, 0.1) is 29.1 Å². The van der Waals surface area contributed by atoms with Crippen LogP contribution >= 0.6 is 15.9 Å². The largest absolute Gasteiger partial charge is 0.317 e. The molecular weight excluding hydrogens is 361 g/mol. The molecule has 2 aromatic rings. The van der Waals surface area contributed by atoms with Gasteiger partial charge < -0.3 is 5.32 Å². The predicted octanol–water partition coefficient (Wildman–Crippen LogP) is 4.40. The normalized spacial score (nSPS) is 10.6. The monoisotopic (exact) mass is 365 g/mol. The van der Waals surface area contributed by atoms with Crippen molar-refractivity contribution in [3.8, 4) is 0 Å². The van der Waals surface area contributed by atoms with Gasteiger partial charge in [0.15, 0.2) is 11.6 Å². The number of carbonyl (C=O) groups excluding carboxylic acids is 1. The van der Waals surface area contributed by atoms with Crippen LogP contribution in [0.25, 0.3) is 0 Å². The van der Waals surface area contributed by atoms with Gasteiger partial charge in [-0.1, -0.05) is 15.9 Å². The minimum Gasteiger partial charge on any atom is -0.317 e. The number of halogens is 6. The predicted molar refractivity (Wildman–Crippen MR) is 68.3 cm³/mol. The van der Waals surface area contributed by atoms with Gasteiger partial charge in [0, 0.05) is 16.6 Å². The Kier molecular flexibility index (Phi) is 4.26. The van der Waals surface area contributed by atoms with Gasteiger partial charge in [-0.25, -0.2) is 22.0 Å². The third-order valence-corrected chi connectivity index (χ3v) is 2.94. The highest BCUT2D eigenvalue weighted by Gasteiger charge is 2.21. The van der Waals surface area contributed by atoms with E-state index >= 15 is 0 Å². The molecule has 2 aromatic carbocycles. The molecule has 1 amide bonds. The summed E-state index contributed by atoms with van der Waals surface area (Å²) in [4.78, 5) is 11.7. The summed E-state index contributed by atoms with van der Waals surface area (Å²) < 4.78 is 66.6. The molecule has 0 radical (unpaired) electrons. The summed E-state index contributed by atoms with van der Waals surface area (Å²) in [6, 6.07) is 2.28. The van der Waals surface area contributed by atoms with Gasteiger partial charge in [0.2, 0.25) is 0 Å². The zero-order valence-corrected chi connectivity index (χ0v) is 11.6. The first-order chi connectivity index (χ1) is 9.79. The minimum absolute atomic E-state index is 0.0493. The van der Waals surface area contributed by atoms with Crippen molar-refractivity contribution in [1.82, 2.24) is 0 Å². The third-order valence-electron chi connectivity index (χ3n) is 2.48. The number of amides is 1. The highest BCUT2D eigenvalue weighted by Crippen LogP contribution is 2.24. The summed E-state index contributed by atoms with van der Waals surface area (Å²) in [5.74, 6) is -7.84. The topological polar surface area (TPSA) is 29.1 Å². The van der Waals surface area contributed by atoms with Crippen LogP contribution in [0.5, 0.6) is 0 Å². The number of carbonyl (C=O) groups is 1. The molecule has 0 aliphatic heterocycles. The van der Waals surface area contributed by atoms with Gasteiger partial charge in [-0.2, -0.15) is 0 Å². The molecule has 110 valence electrons. The molecule has 0 saturated carbocycles. The number of rotatable bonds is 2. The standard InChI is InChI=1S/C13H5BrF5NO/c14-5-1-7(16)11(8(17)2-5)13(21)20-12-9(18)3-6(15)4-10(12)19/h1-4H,(H,20,21). The van der Waals surface area contributed by atoms with Gasteiger partial charge in [-0.05, 0) is 12.1 Å². The van der Waals surface area contributed by atoms with E-state index in [1.165, 1.54) is 0 Å². The van der Waals surface area contributed by atoms with E-state index in [4.69, 9.17) is 0 Å². The fourth-order valence-electron chi connectivity index (χ4n) is 1.60. The molecule has 0 heterocycles. The summed E-state index contributed by atoms with van der Waals surface area (Å²) in [5, 5.41) is 1.67. The van der Waals surface area contributed by atoms with Gasteiger partial charge in [-0.3, -0.25) is 4.79 Å². The number of hydrogen-bond acceptors (Lipinski definition) is 1. The summed E-state index contributed by atoms with van der Waals surface area (Å²) in [7, 11) is 0. The Hall–Kier alpha value is -1.96. The lowest BCUT2D eigenvalue weighted by molar-refractivity contribution is 0.101. The Bertz CT molecular complexity index is 688. The summed E-state index contributed by atoms with van der Waals surface area (Å²) in [5.41, 5.74) is -2.01. The fourth-order valence-corrected chi connectivity index (χ4v) is 2.00. The maximum atomic E-state index is 13.6. The van der Waals surface area contributed by atoms with E-state index < -0.39 is 46.2 Å². The molecule has 0 saturated heterocycles. The molecule has 0 spiro atoms. The highest BCUT2D eigenvalue weighted by molar-refractivity contribution is 9.10. The second-order valence-corrected chi connectivity index (χ2v) is 4.86. The zero-order valence-electron chi connectivity index (χ0n) is 9.99. The smallest absolute Gasteiger partial charge is 0.261 e. The molecule has 0 aliphatic carbocycles. The van der Waals surface area contributed by atoms with Crippen molar-refractivity contribution in [1.29, 1.82) is 0 Å². The first-order valence-corrected chi connectivity index (χ1v) is 6.19. The molecule has 2 rings (SSSR count). The molecule has 0 fully saturated rings. The van der Waals surface area contributed by atoms with Gasteiger partial charge in [0.05, 0.1) is 0 Å². The van der Waals surface area contributed by atoms with Gasteiger partial charge in [-0.15, -0.1) is 0 Å². The zero-order chi connectivity index (χ0) is 15.7. The van der Waals surface area contributed by atoms with E-state index in [1.54, 1.807) is 5.32 Å². The van der Waals surface area contributed by atoms with Crippen LogP contribution in [0.15, 0.2) is 28.7 Å². The van der Waals surface area contributed by atoms with E-state index in [0.29, 0.717) is 12.1 Å². The Morgan fingerprint density at radius 3 is 1.81 bits per heavy atom. The van der Waals surface area contributed by atoms with Crippen LogP contribution in [0.4, 0.5) is 27.6 Å². The van der Waals surface area contributed by atoms with E-state index in [-0.39, 0.29) is 4.47 Å². The maximum absolute atomic E-state index is 13.6. The Balaban J connectivity index is 2.40. The SMILES string of the molecule is O=C(Nc1c(F)cc(F)cc1F)c1c(F)cc(Br)cc1F. The molecule has 8 heteroatoms. The van der Waals surface area contributed by atoms with E-state index in [9.17, 15) is 26.7 Å². The Labute approximate surface area is 123 Å². The molecule has 0 unspecified atom stereocenters. The lowest BCUT2D eigenvalue weighted by Crippen LogP contribution is -2.18. The highest BCUT2D eigenvalue weighted by atomic mass is 79.9. The molecule has 1 N–H and O–H groups in total. The molecule has 0 aliphatic rings. The van der Waals surface area contributed by atoms with Gasteiger partial charge in [0.1, 0.15) is 28.7 Å². The molecule has 0 atom stereocenters. The summed E-state index contributed by atoms with van der Waals surface area (Å²) >= 11 is 2.82. The maximum Gasteiger partial charge on any atom is 0.261 e. The number of nitrogens with one attached hydrogen (secondary N) is 1. The number of benzene rings is 2. The lowest BCUT2D eigenvalue weighted by atomic mass is 10.1. The van der Waals surface area contributed by atoms with E-state index in [2.05, 4.69) is 15.9 Å². The first-order valence-electron chi connectivity index (χ1n) is 5.40. The van der Waals surface area contributed by atoms with Crippen LogP contribution in [0.3, 0.4) is 0 Å². The van der Waals surface area contributed by atoms with Crippen molar-refractivity contribution in [3.63, 3.8) is 0 Å². The molecule has 0 bridgehead atoms. The first kappa shape index (κ1) is 15.4. The number of hydrogen-bond donors (Lipinski definition) is 1. The van der Waals surface area contributed by atoms with Crippen molar-refractivity contribution >= 4 is 27.5 Å². The van der Waals surface area contributed by atoms with Crippen molar-refractivity contribution in [2.45, 2.75) is 0 Å². The van der Waals surface area contributed by atoms with E-state index in [0.717, 1.165) is 12.1 Å². The van der Waals surface area contributed by atoms with Crippen molar-refractivity contribution in [3.05, 3.63) is 63.4 Å². The van der Waals surface area contributed by atoms with Crippen LogP contribution in [-0.4, -0.2) is 5.91 Å². The van der Waals surface area contributed by atoms with Crippen LogP contribution in [0.1, 0.15) is 10.4 Å². The second kappa shape index (κ2) is 5.80. The number of anilines is 1. The average Bonchev–Trinajstić information content (AvgIpc) is 2.32. The molecule has 2 nitrogen and oxygen atoms in total. The molecule has 21 heavy (non-hydrogen) atoms. The van der Waals surface area contributed by atoms with Crippen LogP contribution < -0.4 is 5.32 Å². The summed E-state index contributed by atoms with van der Waals surface area (Å²) in [6.07, 6.45) is 0. The molecule has 0 aromatic heterocycles. The van der Waals surface area contributed by atoms with Gasteiger partial charge in [0.25, 0.3) is 5.91 Å². The molecular formula is C13H5BrF5NO. The van der Waals surface area contributed by atoms with Crippen molar-refractivity contribution in [2.75, 3.05) is 5.32 Å². The van der Waals surface area contributed by atoms with E-state index in [1.807, 2.05) is 0 Å². The fraction of sp³-hybridized carbons (Fsp3) is 0. The third kappa shape index (κ3) is 3.21. The second-order valence-electron chi connectivity index (χ2n) is 3.94. The quantitative estimate of drug-likeness (QED) is 0.785. The Morgan fingerprint density at radius 2 is 1.33 bits per heavy atom. The van der Waals surface area contributed by atoms with Crippen molar-refractivity contribution in [2.24, 2.45) is 0 Å². The van der Waals surface area contributed by atoms with Crippen molar-refractivity contribution < 1.29 is 26.7 Å². The Morgan fingerprint density at radius 1 is 0.857 bits per heavy atom. The van der Waals surface area contributed by atoms with Gasteiger partial charge >= 0.3 is 0 Å². The van der Waals surface area contributed by atoms with Crippen LogP contribution in [0.2, 0.25) is 0 Å². The summed E-state index contributed by atoms with van der Waals surface area (Å²) in [6.45, 7) is 0.